The van der Waals surface area contributed by atoms with Crippen LogP contribution in [0.3, 0.4) is 0 Å². The minimum atomic E-state index is -0.0240. The van der Waals surface area contributed by atoms with Gasteiger partial charge in [0.05, 0.1) is 5.69 Å². The van der Waals surface area contributed by atoms with Crippen molar-refractivity contribution in [2.75, 3.05) is 6.54 Å². The van der Waals surface area contributed by atoms with Crippen LogP contribution in [0.15, 0.2) is 91.0 Å². The number of carbonyl (C=O) groups is 1. The Hall–Kier alpha value is -3.59. The number of amides is 1. The molecule has 1 aliphatic rings. The van der Waals surface area contributed by atoms with Gasteiger partial charge >= 0.3 is 0 Å². The fourth-order valence-corrected chi connectivity index (χ4v) is 4.86. The van der Waals surface area contributed by atoms with E-state index in [9.17, 15) is 4.79 Å². The van der Waals surface area contributed by atoms with Crippen LogP contribution in [0.25, 0.3) is 16.9 Å². The Balaban J connectivity index is 1.38. The third-order valence-electron chi connectivity index (χ3n) is 6.63. The van der Waals surface area contributed by atoms with Crippen LogP contribution in [-0.2, 0) is 19.3 Å². The van der Waals surface area contributed by atoms with Crippen molar-refractivity contribution in [2.45, 2.75) is 32.6 Å². The molecule has 3 nitrogen and oxygen atoms in total. The van der Waals surface area contributed by atoms with Crippen LogP contribution < -0.4 is 5.32 Å². The molecule has 4 aromatic rings. The van der Waals surface area contributed by atoms with Crippen molar-refractivity contribution in [1.82, 2.24) is 9.88 Å². The number of hydrogen-bond acceptors (Lipinski definition) is 1. The van der Waals surface area contributed by atoms with Gasteiger partial charge in [-0.1, -0.05) is 67.6 Å². The molecule has 1 aromatic heterocycles. The molecule has 0 bridgehead atoms. The lowest BCUT2D eigenvalue weighted by atomic mass is 9.89. The third-order valence-corrected chi connectivity index (χ3v) is 6.63. The summed E-state index contributed by atoms with van der Waals surface area (Å²) < 4.78 is 2.40. The van der Waals surface area contributed by atoms with Crippen LogP contribution in [-0.4, -0.2) is 17.0 Å². The molecule has 0 saturated carbocycles. The maximum atomic E-state index is 12.7. The first-order chi connectivity index (χ1) is 16.2. The summed E-state index contributed by atoms with van der Waals surface area (Å²) in [6.45, 7) is 2.97. The molecule has 0 unspecified atom stereocenters. The topological polar surface area (TPSA) is 34.0 Å². The quantitative estimate of drug-likeness (QED) is 0.383. The number of rotatable bonds is 6. The monoisotopic (exact) mass is 434 g/mol. The zero-order chi connectivity index (χ0) is 22.6. The van der Waals surface area contributed by atoms with Gasteiger partial charge in [0.2, 0.25) is 0 Å². The highest BCUT2D eigenvalue weighted by Gasteiger charge is 2.23. The Morgan fingerprint density at radius 2 is 1.64 bits per heavy atom. The molecule has 0 fully saturated rings. The Bertz CT molecular complexity index is 1220. The van der Waals surface area contributed by atoms with Gasteiger partial charge in [-0.25, -0.2) is 0 Å². The molecule has 0 saturated heterocycles. The van der Waals surface area contributed by atoms with Crippen molar-refractivity contribution in [2.24, 2.45) is 5.92 Å². The summed E-state index contributed by atoms with van der Waals surface area (Å²) in [7, 11) is 0. The minimum Gasteiger partial charge on any atom is -0.352 e. The maximum absolute atomic E-state index is 12.7. The second kappa shape index (κ2) is 9.50. The van der Waals surface area contributed by atoms with Crippen molar-refractivity contribution < 1.29 is 4.79 Å². The molecule has 5 rings (SSSR count). The van der Waals surface area contributed by atoms with E-state index in [2.05, 4.69) is 77.5 Å². The first-order valence-corrected chi connectivity index (χ1v) is 11.9. The lowest BCUT2D eigenvalue weighted by Crippen LogP contribution is -2.25. The summed E-state index contributed by atoms with van der Waals surface area (Å²) in [6, 6.07) is 31.3. The molecule has 1 heterocycles. The summed E-state index contributed by atoms with van der Waals surface area (Å²) in [5.41, 5.74) is 8.36. The van der Waals surface area contributed by atoms with Gasteiger partial charge in [-0.2, -0.15) is 0 Å². The molecule has 1 N–H and O–H groups in total. The van der Waals surface area contributed by atoms with E-state index < -0.39 is 0 Å². The molecular weight excluding hydrogens is 404 g/mol. The number of nitrogens with one attached hydrogen (secondary N) is 1. The Kier molecular flexibility index (Phi) is 6.12. The van der Waals surface area contributed by atoms with Gasteiger partial charge in [0.15, 0.2) is 0 Å². The van der Waals surface area contributed by atoms with Crippen molar-refractivity contribution in [3.05, 3.63) is 113 Å². The largest absolute Gasteiger partial charge is 0.352 e. The lowest BCUT2D eigenvalue weighted by molar-refractivity contribution is 0.0954. The zero-order valence-electron chi connectivity index (χ0n) is 19.1. The Morgan fingerprint density at radius 3 is 2.36 bits per heavy atom. The van der Waals surface area contributed by atoms with Gasteiger partial charge in [0.1, 0.15) is 0 Å². The van der Waals surface area contributed by atoms with E-state index in [1.165, 1.54) is 34.5 Å². The molecular formula is C30H30N2O. The van der Waals surface area contributed by atoms with Crippen LogP contribution in [0.4, 0.5) is 0 Å². The second-order valence-electron chi connectivity index (χ2n) is 9.09. The van der Waals surface area contributed by atoms with Gasteiger partial charge in [-0.05, 0) is 78.6 Å². The number of fused-ring (bicyclic) bond motifs is 1. The predicted molar refractivity (Wildman–Crippen MR) is 135 cm³/mol. The average Bonchev–Trinajstić information content (AvgIpc) is 3.24. The summed E-state index contributed by atoms with van der Waals surface area (Å²) in [5, 5.41) is 3.05. The highest BCUT2D eigenvalue weighted by molar-refractivity contribution is 5.94. The molecule has 3 aromatic carbocycles. The predicted octanol–water partition coefficient (Wildman–Crippen LogP) is 6.24. The van der Waals surface area contributed by atoms with Crippen LogP contribution in [0.5, 0.6) is 0 Å². The standard InChI is InChI=1S/C30H30N2O/c1-22-12-17-28-26(20-22)21-29(24-10-6-3-7-11-24)32(28)27-15-13-25(14-16-27)30(33)31-19-18-23-8-4-2-5-9-23/h2-11,13-16,21-22H,12,17-20H2,1H3,(H,31,33)/t22-/m1/s1. The SMILES string of the molecule is C[C@@H]1CCc2c(cc(-c3ccccc3)n2-c2ccc(C(=O)NCCc3ccccc3)cc2)C1. The summed E-state index contributed by atoms with van der Waals surface area (Å²) in [4.78, 5) is 12.7. The molecule has 1 amide bonds. The van der Waals surface area contributed by atoms with Crippen LogP contribution in [0.1, 0.15) is 40.5 Å². The maximum Gasteiger partial charge on any atom is 0.251 e. The van der Waals surface area contributed by atoms with Gasteiger partial charge in [-0.3, -0.25) is 4.79 Å². The van der Waals surface area contributed by atoms with Crippen molar-refractivity contribution in [3.8, 4) is 16.9 Å². The minimum absolute atomic E-state index is 0.0240. The summed E-state index contributed by atoms with van der Waals surface area (Å²) in [5.74, 6) is 0.697. The first-order valence-electron chi connectivity index (χ1n) is 11.9. The summed E-state index contributed by atoms with van der Waals surface area (Å²) >= 11 is 0. The van der Waals surface area contributed by atoms with E-state index in [4.69, 9.17) is 0 Å². The van der Waals surface area contributed by atoms with Gasteiger partial charge in [-0.15, -0.1) is 0 Å². The second-order valence-corrected chi connectivity index (χ2v) is 9.09. The van der Waals surface area contributed by atoms with Crippen molar-refractivity contribution in [1.29, 1.82) is 0 Å². The van der Waals surface area contributed by atoms with E-state index in [0.29, 0.717) is 12.1 Å². The Labute approximate surface area is 196 Å². The van der Waals surface area contributed by atoms with E-state index in [1.54, 1.807) is 0 Å². The normalized spacial score (nSPS) is 15.1. The van der Waals surface area contributed by atoms with E-state index >= 15 is 0 Å². The summed E-state index contributed by atoms with van der Waals surface area (Å²) in [6.07, 6.45) is 4.27. The highest BCUT2D eigenvalue weighted by Crippen LogP contribution is 2.35. The molecule has 33 heavy (non-hydrogen) atoms. The van der Waals surface area contributed by atoms with Gasteiger partial charge < -0.3 is 9.88 Å². The lowest BCUT2D eigenvalue weighted by Gasteiger charge is -2.21. The third kappa shape index (κ3) is 4.63. The van der Waals surface area contributed by atoms with E-state index in [-0.39, 0.29) is 5.91 Å². The smallest absolute Gasteiger partial charge is 0.251 e. The van der Waals surface area contributed by atoms with Gasteiger partial charge in [0.25, 0.3) is 5.91 Å². The number of nitrogens with zero attached hydrogens (tertiary/aromatic N) is 1. The molecule has 166 valence electrons. The van der Waals surface area contributed by atoms with Crippen molar-refractivity contribution in [3.63, 3.8) is 0 Å². The highest BCUT2D eigenvalue weighted by atomic mass is 16.1. The molecule has 0 spiro atoms. The van der Waals surface area contributed by atoms with Crippen LogP contribution >= 0.6 is 0 Å². The number of benzene rings is 3. The number of carbonyl (C=O) groups excluding carboxylic acids is 1. The van der Waals surface area contributed by atoms with Gasteiger partial charge in [0, 0.05) is 23.5 Å². The number of aromatic nitrogens is 1. The van der Waals surface area contributed by atoms with Crippen LogP contribution in [0, 0.1) is 5.92 Å². The number of hydrogen-bond donors (Lipinski definition) is 1. The molecule has 1 aliphatic carbocycles. The Morgan fingerprint density at radius 1 is 0.939 bits per heavy atom. The van der Waals surface area contributed by atoms with E-state index in [1.807, 2.05) is 30.3 Å². The fraction of sp³-hybridized carbons (Fsp3) is 0.233. The van der Waals surface area contributed by atoms with E-state index in [0.717, 1.165) is 30.9 Å². The molecule has 3 heteroatoms. The first kappa shape index (κ1) is 21.3. The van der Waals surface area contributed by atoms with Crippen LogP contribution in [0.2, 0.25) is 0 Å². The zero-order valence-corrected chi connectivity index (χ0v) is 19.1. The molecule has 0 radical (unpaired) electrons. The fourth-order valence-electron chi connectivity index (χ4n) is 4.86. The molecule has 0 aliphatic heterocycles. The molecule has 1 atom stereocenters. The van der Waals surface area contributed by atoms with Crippen molar-refractivity contribution >= 4 is 5.91 Å². The average molecular weight is 435 g/mol.